The van der Waals surface area contributed by atoms with Crippen LogP contribution in [0.4, 0.5) is 0 Å². The van der Waals surface area contributed by atoms with Crippen LogP contribution in [-0.4, -0.2) is 46.5 Å². The third-order valence-corrected chi connectivity index (χ3v) is 3.47. The molecule has 100 valence electrons. The first kappa shape index (κ1) is 14.9. The molecule has 5 nitrogen and oxygen atoms in total. The van der Waals surface area contributed by atoms with Crippen LogP contribution in [0.1, 0.15) is 10.4 Å². The first-order valence-corrected chi connectivity index (χ1v) is 7.48. The largest absolute Gasteiger partial charge is 0.461 e. The highest BCUT2D eigenvalue weighted by Gasteiger charge is 2.14. The Morgan fingerprint density at radius 1 is 1.39 bits per heavy atom. The Labute approximate surface area is 111 Å². The second kappa shape index (κ2) is 6.17. The molecule has 0 aliphatic heterocycles. The molecule has 0 bridgehead atoms. The fourth-order valence-electron chi connectivity index (χ4n) is 1.18. The molecule has 1 aromatic rings. The van der Waals surface area contributed by atoms with Gasteiger partial charge < -0.3 is 9.64 Å². The number of carbonyl (C=O) groups excluding carboxylic acids is 1. The van der Waals surface area contributed by atoms with E-state index in [1.54, 1.807) is 0 Å². The minimum absolute atomic E-state index is 0.119. The van der Waals surface area contributed by atoms with Gasteiger partial charge in [-0.05, 0) is 32.3 Å². The van der Waals surface area contributed by atoms with E-state index in [1.165, 1.54) is 24.3 Å². The van der Waals surface area contributed by atoms with Gasteiger partial charge in [0.25, 0.3) is 9.05 Å². The summed E-state index contributed by atoms with van der Waals surface area (Å²) in [7, 11) is 5.07. The number of likely N-dealkylation sites (N-methyl/N-ethyl adjacent to an activating group) is 1. The average molecular weight is 292 g/mol. The lowest BCUT2D eigenvalue weighted by atomic mass is 10.2. The van der Waals surface area contributed by atoms with Crippen molar-refractivity contribution in [3.8, 4) is 0 Å². The van der Waals surface area contributed by atoms with Crippen molar-refractivity contribution in [2.24, 2.45) is 0 Å². The van der Waals surface area contributed by atoms with E-state index in [0.29, 0.717) is 6.54 Å². The zero-order chi connectivity index (χ0) is 13.8. The molecule has 1 aromatic carbocycles. The van der Waals surface area contributed by atoms with Crippen LogP contribution in [0.15, 0.2) is 29.2 Å². The minimum atomic E-state index is -3.84. The van der Waals surface area contributed by atoms with Gasteiger partial charge in [0.2, 0.25) is 0 Å². The van der Waals surface area contributed by atoms with Gasteiger partial charge in [-0.25, -0.2) is 13.2 Å². The van der Waals surface area contributed by atoms with Crippen molar-refractivity contribution < 1.29 is 17.9 Å². The monoisotopic (exact) mass is 291 g/mol. The van der Waals surface area contributed by atoms with Crippen LogP contribution < -0.4 is 0 Å². The SMILES string of the molecule is CN(C)CCOC(=O)c1cccc(S(=O)(=O)Cl)c1. The fraction of sp³-hybridized carbons (Fsp3) is 0.364. The molecule has 0 amide bonds. The lowest BCUT2D eigenvalue weighted by Gasteiger charge is -2.10. The van der Waals surface area contributed by atoms with Crippen LogP contribution in [-0.2, 0) is 13.8 Å². The summed E-state index contributed by atoms with van der Waals surface area (Å²) in [6.45, 7) is 0.836. The highest BCUT2D eigenvalue weighted by atomic mass is 35.7. The van der Waals surface area contributed by atoms with E-state index in [0.717, 1.165) is 0 Å². The number of nitrogens with zero attached hydrogens (tertiary/aromatic N) is 1. The maximum Gasteiger partial charge on any atom is 0.338 e. The number of hydrogen-bond acceptors (Lipinski definition) is 5. The maximum atomic E-state index is 11.6. The van der Waals surface area contributed by atoms with E-state index in [9.17, 15) is 13.2 Å². The zero-order valence-electron chi connectivity index (χ0n) is 10.1. The van der Waals surface area contributed by atoms with E-state index in [-0.39, 0.29) is 17.1 Å². The molecule has 0 spiro atoms. The van der Waals surface area contributed by atoms with Gasteiger partial charge in [-0.2, -0.15) is 0 Å². The molecule has 0 unspecified atom stereocenters. The molecule has 0 N–H and O–H groups in total. The molecule has 0 saturated carbocycles. The summed E-state index contributed by atoms with van der Waals surface area (Å²) < 4.78 is 27.2. The van der Waals surface area contributed by atoms with Gasteiger partial charge in [0.05, 0.1) is 10.5 Å². The third kappa shape index (κ3) is 4.64. The molecular weight excluding hydrogens is 278 g/mol. The molecule has 0 saturated heterocycles. The van der Waals surface area contributed by atoms with Crippen LogP contribution in [0.25, 0.3) is 0 Å². The summed E-state index contributed by atoms with van der Waals surface area (Å²) in [5.74, 6) is -0.570. The number of rotatable bonds is 5. The topological polar surface area (TPSA) is 63.7 Å². The second-order valence-electron chi connectivity index (χ2n) is 3.90. The highest BCUT2D eigenvalue weighted by Crippen LogP contribution is 2.16. The van der Waals surface area contributed by atoms with E-state index in [2.05, 4.69) is 0 Å². The molecule has 7 heteroatoms. The minimum Gasteiger partial charge on any atom is -0.461 e. The third-order valence-electron chi connectivity index (χ3n) is 2.12. The van der Waals surface area contributed by atoms with Gasteiger partial charge >= 0.3 is 5.97 Å². The molecule has 0 fully saturated rings. The van der Waals surface area contributed by atoms with Crippen molar-refractivity contribution in [1.29, 1.82) is 0 Å². The van der Waals surface area contributed by atoms with E-state index in [4.69, 9.17) is 15.4 Å². The Balaban J connectivity index is 2.75. The molecule has 0 atom stereocenters. The number of ether oxygens (including phenoxy) is 1. The van der Waals surface area contributed by atoms with Gasteiger partial charge in [-0.1, -0.05) is 6.07 Å². The van der Waals surface area contributed by atoms with Crippen LogP contribution in [0.5, 0.6) is 0 Å². The van der Waals surface area contributed by atoms with Gasteiger partial charge in [0.1, 0.15) is 6.61 Å². The molecule has 0 heterocycles. The predicted octanol–water partition coefficient (Wildman–Crippen LogP) is 1.33. The second-order valence-corrected chi connectivity index (χ2v) is 6.47. The Bertz CT molecular complexity index is 528. The summed E-state index contributed by atoms with van der Waals surface area (Å²) in [5, 5.41) is 0. The molecule has 0 aliphatic rings. The lowest BCUT2D eigenvalue weighted by Crippen LogP contribution is -2.20. The zero-order valence-corrected chi connectivity index (χ0v) is 11.7. The quantitative estimate of drug-likeness (QED) is 0.605. The number of carbonyl (C=O) groups is 1. The number of benzene rings is 1. The van der Waals surface area contributed by atoms with Crippen LogP contribution >= 0.6 is 10.7 Å². The van der Waals surface area contributed by atoms with Gasteiger partial charge in [-0.15, -0.1) is 0 Å². The van der Waals surface area contributed by atoms with Gasteiger partial charge in [0, 0.05) is 17.2 Å². The Hall–Kier alpha value is -1.11. The van der Waals surface area contributed by atoms with Crippen molar-refractivity contribution in [1.82, 2.24) is 4.90 Å². The summed E-state index contributed by atoms with van der Waals surface area (Å²) in [6.07, 6.45) is 0. The predicted molar refractivity (Wildman–Crippen MR) is 68.3 cm³/mol. The molecule has 18 heavy (non-hydrogen) atoms. The fourth-order valence-corrected chi connectivity index (χ4v) is 1.98. The highest BCUT2D eigenvalue weighted by molar-refractivity contribution is 8.13. The van der Waals surface area contributed by atoms with Gasteiger partial charge in [-0.3, -0.25) is 0 Å². The Morgan fingerprint density at radius 3 is 2.61 bits per heavy atom. The molecule has 0 aliphatic carbocycles. The van der Waals surface area contributed by atoms with Gasteiger partial charge in [0.15, 0.2) is 0 Å². The normalized spacial score (nSPS) is 11.6. The van der Waals surface area contributed by atoms with Crippen LogP contribution in [0.3, 0.4) is 0 Å². The van der Waals surface area contributed by atoms with Crippen molar-refractivity contribution in [3.05, 3.63) is 29.8 Å². The van der Waals surface area contributed by atoms with Crippen molar-refractivity contribution in [2.75, 3.05) is 27.2 Å². The molecule has 0 radical (unpaired) electrons. The molecular formula is C11H14ClNO4S. The molecule has 1 rings (SSSR count). The van der Waals surface area contributed by atoms with E-state index < -0.39 is 15.0 Å². The standard InChI is InChI=1S/C11H14ClNO4S/c1-13(2)6-7-17-11(14)9-4-3-5-10(8-9)18(12,15)16/h3-5,8H,6-7H2,1-2H3. The van der Waals surface area contributed by atoms with Crippen LogP contribution in [0, 0.1) is 0 Å². The van der Waals surface area contributed by atoms with Crippen molar-refractivity contribution >= 4 is 25.7 Å². The Morgan fingerprint density at radius 2 is 2.06 bits per heavy atom. The van der Waals surface area contributed by atoms with Crippen molar-refractivity contribution in [2.45, 2.75) is 4.90 Å². The Kier molecular flexibility index (Phi) is 5.13. The summed E-state index contributed by atoms with van der Waals surface area (Å²) in [6, 6.07) is 5.43. The average Bonchev–Trinajstić information content (AvgIpc) is 2.27. The summed E-state index contributed by atoms with van der Waals surface area (Å²) in [5.41, 5.74) is 0.162. The van der Waals surface area contributed by atoms with Crippen LogP contribution in [0.2, 0.25) is 0 Å². The first-order valence-electron chi connectivity index (χ1n) is 5.17. The summed E-state index contributed by atoms with van der Waals surface area (Å²) >= 11 is 0. The summed E-state index contributed by atoms with van der Waals surface area (Å²) in [4.78, 5) is 13.4. The molecule has 0 aromatic heterocycles. The number of esters is 1. The number of halogens is 1. The maximum absolute atomic E-state index is 11.6. The first-order chi connectivity index (χ1) is 8.30. The van der Waals surface area contributed by atoms with E-state index >= 15 is 0 Å². The number of hydrogen-bond donors (Lipinski definition) is 0. The van der Waals surface area contributed by atoms with E-state index in [1.807, 2.05) is 19.0 Å². The smallest absolute Gasteiger partial charge is 0.338 e. The lowest BCUT2D eigenvalue weighted by molar-refractivity contribution is 0.0481. The van der Waals surface area contributed by atoms with Crippen molar-refractivity contribution in [3.63, 3.8) is 0 Å².